The first-order chi connectivity index (χ1) is 9.11. The van der Waals surface area contributed by atoms with Gasteiger partial charge in [-0.25, -0.2) is 0 Å². The Morgan fingerprint density at radius 1 is 1.42 bits per heavy atom. The fourth-order valence-corrected chi connectivity index (χ4v) is 2.58. The molecule has 104 valence electrons. The van der Waals surface area contributed by atoms with Gasteiger partial charge in [0.05, 0.1) is 0 Å². The van der Waals surface area contributed by atoms with Crippen LogP contribution in [0.3, 0.4) is 0 Å². The number of likely N-dealkylation sites (N-methyl/N-ethyl adjacent to an activating group) is 1. The molecule has 1 heterocycles. The summed E-state index contributed by atoms with van der Waals surface area (Å²) >= 11 is 1.34. The van der Waals surface area contributed by atoms with E-state index in [1.54, 1.807) is 4.90 Å². The van der Waals surface area contributed by atoms with Gasteiger partial charge in [-0.2, -0.15) is 0 Å². The van der Waals surface area contributed by atoms with E-state index in [4.69, 9.17) is 9.47 Å². The zero-order valence-electron chi connectivity index (χ0n) is 11.5. The molecule has 1 aromatic rings. The molecule has 1 atom stereocenters. The number of amides is 1. The first-order valence-electron chi connectivity index (χ1n) is 6.40. The highest BCUT2D eigenvalue weighted by atomic mass is 32.2. The van der Waals surface area contributed by atoms with Gasteiger partial charge in [-0.1, -0.05) is 24.8 Å². The monoisotopic (exact) mass is 281 g/mol. The summed E-state index contributed by atoms with van der Waals surface area (Å²) in [6.07, 6.45) is 0.809. The Morgan fingerprint density at radius 3 is 2.89 bits per heavy atom. The van der Waals surface area contributed by atoms with Gasteiger partial charge in [0, 0.05) is 13.1 Å². The van der Waals surface area contributed by atoms with E-state index in [1.165, 1.54) is 11.8 Å². The summed E-state index contributed by atoms with van der Waals surface area (Å²) in [4.78, 5) is 13.6. The maximum Gasteiger partial charge on any atom is 0.281 e. The Kier molecular flexibility index (Phi) is 4.58. The summed E-state index contributed by atoms with van der Waals surface area (Å²) in [7, 11) is 1.85. The number of hydrogen-bond donors (Lipinski definition) is 0. The van der Waals surface area contributed by atoms with E-state index in [9.17, 15) is 4.79 Å². The van der Waals surface area contributed by atoms with Crippen molar-refractivity contribution in [1.82, 2.24) is 4.90 Å². The number of fused-ring (bicyclic) bond motifs is 1. The van der Waals surface area contributed by atoms with Crippen molar-refractivity contribution in [2.24, 2.45) is 0 Å². The van der Waals surface area contributed by atoms with E-state index >= 15 is 0 Å². The van der Waals surface area contributed by atoms with Gasteiger partial charge in [0.15, 0.2) is 11.5 Å². The van der Waals surface area contributed by atoms with Crippen LogP contribution in [0.1, 0.15) is 19.4 Å². The van der Waals surface area contributed by atoms with Crippen molar-refractivity contribution in [3.05, 3.63) is 23.8 Å². The van der Waals surface area contributed by atoms with Gasteiger partial charge in [0.1, 0.15) is 0 Å². The number of hydrogen-bond acceptors (Lipinski definition) is 4. The van der Waals surface area contributed by atoms with Gasteiger partial charge in [-0.3, -0.25) is 4.79 Å². The van der Waals surface area contributed by atoms with E-state index in [0.717, 1.165) is 29.2 Å². The highest BCUT2D eigenvalue weighted by Crippen LogP contribution is 2.33. The first-order valence-corrected chi connectivity index (χ1v) is 7.38. The highest BCUT2D eigenvalue weighted by molar-refractivity contribution is 8.13. The molecule has 0 radical (unpaired) electrons. The maximum absolute atomic E-state index is 11.8. The Labute approximate surface area is 118 Å². The van der Waals surface area contributed by atoms with Crippen LogP contribution in [-0.2, 0) is 6.42 Å². The quantitative estimate of drug-likeness (QED) is 0.850. The molecule has 0 fully saturated rings. The SMILES string of the molecule is CCSC(=O)N(C)C(C)Cc1ccc2c(c1)OCO2. The second-order valence-electron chi connectivity index (χ2n) is 4.55. The Bertz CT molecular complexity index is 464. The lowest BCUT2D eigenvalue weighted by molar-refractivity contribution is 0.174. The molecule has 0 bridgehead atoms. The second kappa shape index (κ2) is 6.19. The van der Waals surface area contributed by atoms with Gasteiger partial charge in [-0.15, -0.1) is 0 Å². The third-order valence-electron chi connectivity index (χ3n) is 3.19. The van der Waals surface area contributed by atoms with E-state index in [-0.39, 0.29) is 11.3 Å². The minimum absolute atomic E-state index is 0.121. The fraction of sp³-hybridized carbons (Fsp3) is 0.500. The van der Waals surface area contributed by atoms with Crippen LogP contribution in [0, 0.1) is 0 Å². The van der Waals surface area contributed by atoms with Crippen molar-refractivity contribution in [3.8, 4) is 11.5 Å². The largest absolute Gasteiger partial charge is 0.454 e. The molecular formula is C14H19NO3S. The predicted molar refractivity (Wildman–Crippen MR) is 77.0 cm³/mol. The van der Waals surface area contributed by atoms with Gasteiger partial charge >= 0.3 is 0 Å². The lowest BCUT2D eigenvalue weighted by Crippen LogP contribution is -2.34. The summed E-state index contributed by atoms with van der Waals surface area (Å²) in [5.41, 5.74) is 1.15. The average Bonchev–Trinajstić information content (AvgIpc) is 2.85. The Morgan fingerprint density at radius 2 is 2.16 bits per heavy atom. The number of carbonyl (C=O) groups is 1. The first kappa shape index (κ1) is 14.1. The van der Waals surface area contributed by atoms with Crippen molar-refractivity contribution < 1.29 is 14.3 Å². The number of rotatable bonds is 4. The lowest BCUT2D eigenvalue weighted by Gasteiger charge is -2.24. The molecule has 1 amide bonds. The van der Waals surface area contributed by atoms with Gasteiger partial charge in [-0.05, 0) is 36.8 Å². The smallest absolute Gasteiger partial charge is 0.281 e. The van der Waals surface area contributed by atoms with Crippen LogP contribution < -0.4 is 9.47 Å². The number of ether oxygens (including phenoxy) is 2. The predicted octanol–water partition coefficient (Wildman–Crippen LogP) is 3.15. The van der Waals surface area contributed by atoms with E-state index in [1.807, 2.05) is 32.2 Å². The van der Waals surface area contributed by atoms with E-state index < -0.39 is 0 Å². The van der Waals surface area contributed by atoms with Crippen LogP contribution in [-0.4, -0.2) is 35.8 Å². The topological polar surface area (TPSA) is 38.8 Å². The maximum atomic E-state index is 11.8. The summed E-state index contributed by atoms with van der Waals surface area (Å²) in [6.45, 7) is 4.33. The minimum Gasteiger partial charge on any atom is -0.454 e. The molecule has 0 spiro atoms. The average molecular weight is 281 g/mol. The summed E-state index contributed by atoms with van der Waals surface area (Å²) < 4.78 is 10.6. The van der Waals surface area contributed by atoms with Gasteiger partial charge < -0.3 is 14.4 Å². The molecule has 4 nitrogen and oxygen atoms in total. The molecule has 1 aromatic carbocycles. The molecule has 0 saturated carbocycles. The van der Waals surface area contributed by atoms with Crippen LogP contribution in [0.4, 0.5) is 4.79 Å². The minimum atomic E-state index is 0.121. The molecule has 5 heteroatoms. The zero-order chi connectivity index (χ0) is 13.8. The van der Waals surface area contributed by atoms with Crippen molar-refractivity contribution in [2.75, 3.05) is 19.6 Å². The molecule has 19 heavy (non-hydrogen) atoms. The fourth-order valence-electron chi connectivity index (χ4n) is 1.95. The normalized spacial score (nSPS) is 14.3. The molecule has 1 aliphatic heterocycles. The van der Waals surface area contributed by atoms with Gasteiger partial charge in [0.2, 0.25) is 6.79 Å². The van der Waals surface area contributed by atoms with Crippen LogP contribution in [0.5, 0.6) is 11.5 Å². The number of carbonyl (C=O) groups excluding carboxylic acids is 1. The lowest BCUT2D eigenvalue weighted by atomic mass is 10.1. The summed E-state index contributed by atoms with van der Waals surface area (Å²) in [5, 5.41) is 0.121. The third kappa shape index (κ3) is 3.35. The van der Waals surface area contributed by atoms with E-state index in [2.05, 4.69) is 6.92 Å². The molecule has 1 unspecified atom stereocenters. The molecule has 2 rings (SSSR count). The summed E-state index contributed by atoms with van der Waals surface area (Å²) in [5.74, 6) is 2.39. The molecule has 1 aliphatic rings. The third-order valence-corrected chi connectivity index (χ3v) is 4.01. The van der Waals surface area contributed by atoms with Gasteiger partial charge in [0.25, 0.3) is 5.24 Å². The van der Waals surface area contributed by atoms with Crippen LogP contribution in [0.2, 0.25) is 0 Å². The molecule has 0 aromatic heterocycles. The standard InChI is InChI=1S/C14H19NO3S/c1-4-19-14(16)15(3)10(2)7-11-5-6-12-13(8-11)18-9-17-12/h5-6,8,10H,4,7,9H2,1-3H3. The van der Waals surface area contributed by atoms with Crippen LogP contribution in [0.15, 0.2) is 18.2 Å². The van der Waals surface area contributed by atoms with Crippen molar-refractivity contribution in [2.45, 2.75) is 26.3 Å². The molecule has 0 aliphatic carbocycles. The number of thioether (sulfide) groups is 1. The number of benzene rings is 1. The molecule has 0 N–H and O–H groups in total. The summed E-state index contributed by atoms with van der Waals surface area (Å²) in [6, 6.07) is 6.10. The van der Waals surface area contributed by atoms with Crippen LogP contribution in [0.25, 0.3) is 0 Å². The van der Waals surface area contributed by atoms with Crippen molar-refractivity contribution in [1.29, 1.82) is 0 Å². The Hall–Kier alpha value is -1.36. The zero-order valence-corrected chi connectivity index (χ0v) is 12.3. The molecule has 0 saturated heterocycles. The number of nitrogens with zero attached hydrogens (tertiary/aromatic N) is 1. The van der Waals surface area contributed by atoms with E-state index in [0.29, 0.717) is 6.79 Å². The van der Waals surface area contributed by atoms with Crippen molar-refractivity contribution >= 4 is 17.0 Å². The molecular weight excluding hydrogens is 262 g/mol. The highest BCUT2D eigenvalue weighted by Gasteiger charge is 2.18. The van der Waals surface area contributed by atoms with Crippen LogP contribution >= 0.6 is 11.8 Å². The van der Waals surface area contributed by atoms with Crippen molar-refractivity contribution in [3.63, 3.8) is 0 Å². The Balaban J connectivity index is 1.98. The second-order valence-corrected chi connectivity index (χ2v) is 5.77.